The number of anilines is 1. The predicted molar refractivity (Wildman–Crippen MR) is 113 cm³/mol. The van der Waals surface area contributed by atoms with Gasteiger partial charge in [0.1, 0.15) is 11.8 Å². The van der Waals surface area contributed by atoms with E-state index in [2.05, 4.69) is 44.3 Å². The molecular formula is C23H15BrN4O2. The lowest BCUT2D eigenvalue weighted by Crippen LogP contribution is -2.41. The molecule has 0 bridgehead atoms. The number of benzene rings is 3. The van der Waals surface area contributed by atoms with E-state index in [0.717, 1.165) is 21.5 Å². The van der Waals surface area contributed by atoms with Gasteiger partial charge in [0, 0.05) is 16.6 Å². The second-order valence-electron chi connectivity index (χ2n) is 7.29. The Labute approximate surface area is 180 Å². The Bertz CT molecular complexity index is 1280. The number of para-hydroxylation sites is 3. The first-order chi connectivity index (χ1) is 14.7. The fourth-order valence-corrected chi connectivity index (χ4v) is 4.45. The standard InChI is InChI=1S/C23H15BrN4O2/c24-15-12-10-14(11-13-15)20-21-19(25-17-8-4-5-9-18(17)27(20)21)22-23(29)30-26-28(22)16-6-2-1-3-7-16/h1-13,20-21H. The molecule has 1 saturated heterocycles. The van der Waals surface area contributed by atoms with Gasteiger partial charge in [0.15, 0.2) is 5.95 Å². The zero-order valence-corrected chi connectivity index (χ0v) is 17.2. The van der Waals surface area contributed by atoms with Crippen molar-refractivity contribution in [1.29, 1.82) is 0 Å². The van der Waals surface area contributed by atoms with Gasteiger partial charge in [-0.05, 0) is 34.5 Å². The highest BCUT2D eigenvalue weighted by molar-refractivity contribution is 9.10. The molecule has 2 aliphatic rings. The van der Waals surface area contributed by atoms with E-state index in [0.29, 0.717) is 11.4 Å². The Kier molecular flexibility index (Phi) is 3.79. The van der Waals surface area contributed by atoms with Crippen LogP contribution in [0.2, 0.25) is 0 Å². The predicted octanol–water partition coefficient (Wildman–Crippen LogP) is 3.85. The molecule has 3 aromatic carbocycles. The molecule has 2 unspecified atom stereocenters. The quantitative estimate of drug-likeness (QED) is 0.345. The Balaban J connectivity index is 1.52. The van der Waals surface area contributed by atoms with Gasteiger partial charge in [0.2, 0.25) is 5.69 Å². The Morgan fingerprint density at radius 1 is 0.900 bits per heavy atom. The smallest absolute Gasteiger partial charge is 0.287 e. The molecule has 30 heavy (non-hydrogen) atoms. The zero-order chi connectivity index (χ0) is 20.2. The third-order valence-electron chi connectivity index (χ3n) is 5.56. The summed E-state index contributed by atoms with van der Waals surface area (Å²) < 4.78 is 7.64. The molecule has 1 aromatic heterocycles. The highest BCUT2D eigenvalue weighted by atomic mass is 79.9. The van der Waals surface area contributed by atoms with E-state index in [1.807, 2.05) is 60.7 Å². The lowest BCUT2D eigenvalue weighted by Gasteiger charge is -2.15. The maximum atomic E-state index is 12.7. The maximum Gasteiger partial charge on any atom is 0.287 e. The number of aromatic nitrogens is 2. The number of hydrogen-bond acceptors (Lipinski definition) is 5. The molecule has 0 aliphatic carbocycles. The van der Waals surface area contributed by atoms with E-state index in [9.17, 15) is 5.11 Å². The van der Waals surface area contributed by atoms with Gasteiger partial charge in [0.25, 0.3) is 5.69 Å². The van der Waals surface area contributed by atoms with Crippen LogP contribution in [0.15, 0.2) is 92.9 Å². The van der Waals surface area contributed by atoms with Crippen molar-refractivity contribution in [3.63, 3.8) is 0 Å². The second-order valence-corrected chi connectivity index (χ2v) is 8.21. The van der Waals surface area contributed by atoms with Crippen LogP contribution in [0.1, 0.15) is 17.3 Å². The SMILES string of the molecule is [O-]c1on[n+](-c2ccccc2)c1C1=Nc2ccccc2N2C1C2c1ccc(Br)cc1. The van der Waals surface area contributed by atoms with Crippen LogP contribution in [0.4, 0.5) is 11.4 Å². The van der Waals surface area contributed by atoms with E-state index in [1.165, 1.54) is 5.56 Å². The van der Waals surface area contributed by atoms with Gasteiger partial charge < -0.3 is 14.5 Å². The molecule has 6 rings (SSSR count). The monoisotopic (exact) mass is 458 g/mol. The summed E-state index contributed by atoms with van der Waals surface area (Å²) in [5, 5.41) is 16.7. The van der Waals surface area contributed by atoms with Crippen molar-refractivity contribution < 1.29 is 14.3 Å². The van der Waals surface area contributed by atoms with Crippen molar-refractivity contribution in [3.8, 4) is 11.6 Å². The van der Waals surface area contributed by atoms with Crippen LogP contribution in [-0.2, 0) is 0 Å². The van der Waals surface area contributed by atoms with E-state index < -0.39 is 5.95 Å². The average Bonchev–Trinajstić information content (AvgIpc) is 3.42. The van der Waals surface area contributed by atoms with Gasteiger partial charge in [-0.1, -0.05) is 58.4 Å². The minimum atomic E-state index is -0.488. The van der Waals surface area contributed by atoms with E-state index in [-0.39, 0.29) is 12.1 Å². The third-order valence-corrected chi connectivity index (χ3v) is 6.08. The summed E-state index contributed by atoms with van der Waals surface area (Å²) in [5.41, 5.74) is 4.87. The molecule has 0 amide bonds. The third kappa shape index (κ3) is 2.59. The van der Waals surface area contributed by atoms with Crippen LogP contribution in [0.5, 0.6) is 5.95 Å². The normalized spacial score (nSPS) is 19.1. The van der Waals surface area contributed by atoms with Crippen molar-refractivity contribution >= 4 is 33.0 Å². The fraction of sp³-hybridized carbons (Fsp3) is 0.0870. The highest BCUT2D eigenvalue weighted by Gasteiger charge is 2.57. The molecule has 1 fully saturated rings. The first-order valence-electron chi connectivity index (χ1n) is 9.58. The van der Waals surface area contributed by atoms with Gasteiger partial charge in [0.05, 0.1) is 22.7 Å². The number of hydrogen-bond donors (Lipinski definition) is 0. The molecule has 0 N–H and O–H groups in total. The molecular weight excluding hydrogens is 444 g/mol. The summed E-state index contributed by atoms with van der Waals surface area (Å²) in [5.74, 6) is -0.488. The molecule has 146 valence electrons. The van der Waals surface area contributed by atoms with Crippen LogP contribution < -0.4 is 14.7 Å². The summed E-state index contributed by atoms with van der Waals surface area (Å²) in [7, 11) is 0. The Hall–Kier alpha value is -3.45. The molecule has 7 heteroatoms. The van der Waals surface area contributed by atoms with Crippen molar-refractivity contribution in [3.05, 3.63) is 94.6 Å². The number of rotatable bonds is 3. The van der Waals surface area contributed by atoms with Crippen LogP contribution in [-0.4, -0.2) is 17.0 Å². The summed E-state index contributed by atoms with van der Waals surface area (Å²) >= 11 is 3.50. The van der Waals surface area contributed by atoms with Crippen LogP contribution in [0, 0.1) is 0 Å². The minimum Gasteiger partial charge on any atom is -0.539 e. The van der Waals surface area contributed by atoms with Crippen LogP contribution in [0.3, 0.4) is 0 Å². The van der Waals surface area contributed by atoms with Crippen LogP contribution >= 0.6 is 15.9 Å². The second kappa shape index (κ2) is 6.53. The van der Waals surface area contributed by atoms with Crippen molar-refractivity contribution in [2.24, 2.45) is 4.99 Å². The molecule has 2 atom stereocenters. The van der Waals surface area contributed by atoms with Crippen LogP contribution in [0.25, 0.3) is 5.69 Å². The maximum absolute atomic E-state index is 12.7. The largest absolute Gasteiger partial charge is 0.539 e. The van der Waals surface area contributed by atoms with Crippen molar-refractivity contribution in [2.75, 3.05) is 4.90 Å². The number of halogens is 1. The lowest BCUT2D eigenvalue weighted by molar-refractivity contribution is -0.671. The molecule has 6 nitrogen and oxygen atoms in total. The van der Waals surface area contributed by atoms with E-state index >= 15 is 0 Å². The molecule has 0 radical (unpaired) electrons. The summed E-state index contributed by atoms with van der Waals surface area (Å²) in [6.45, 7) is 0. The zero-order valence-electron chi connectivity index (χ0n) is 15.6. The molecule has 2 aliphatic heterocycles. The first-order valence-corrected chi connectivity index (χ1v) is 10.4. The Morgan fingerprint density at radius 2 is 1.63 bits per heavy atom. The molecule has 3 heterocycles. The van der Waals surface area contributed by atoms with Crippen molar-refractivity contribution in [2.45, 2.75) is 12.1 Å². The number of aliphatic imine (C=N–C) groups is 1. The molecule has 0 saturated carbocycles. The highest BCUT2D eigenvalue weighted by Crippen LogP contribution is 2.54. The van der Waals surface area contributed by atoms with Gasteiger partial charge in [-0.25, -0.2) is 4.99 Å². The first kappa shape index (κ1) is 17.4. The Morgan fingerprint density at radius 3 is 2.43 bits per heavy atom. The summed E-state index contributed by atoms with van der Waals surface area (Å²) in [6, 6.07) is 25.8. The molecule has 4 aromatic rings. The summed E-state index contributed by atoms with van der Waals surface area (Å²) in [4.78, 5) is 7.19. The van der Waals surface area contributed by atoms with Gasteiger partial charge in [-0.3, -0.25) is 0 Å². The summed E-state index contributed by atoms with van der Waals surface area (Å²) in [6.07, 6.45) is 0. The van der Waals surface area contributed by atoms with Gasteiger partial charge in [-0.2, -0.15) is 0 Å². The fourth-order valence-electron chi connectivity index (χ4n) is 4.19. The minimum absolute atomic E-state index is 0.0527. The number of fused-ring (bicyclic) bond motifs is 3. The topological polar surface area (TPSA) is 68.3 Å². The molecule has 0 spiro atoms. The van der Waals surface area contributed by atoms with E-state index in [1.54, 1.807) is 4.68 Å². The van der Waals surface area contributed by atoms with Gasteiger partial charge >= 0.3 is 0 Å². The van der Waals surface area contributed by atoms with Crippen molar-refractivity contribution in [1.82, 2.24) is 5.27 Å². The number of nitrogens with zero attached hydrogens (tertiary/aromatic N) is 4. The average molecular weight is 459 g/mol. The van der Waals surface area contributed by atoms with E-state index in [4.69, 9.17) is 9.52 Å². The lowest BCUT2D eigenvalue weighted by atomic mass is 10.0. The van der Waals surface area contributed by atoms with Gasteiger partial charge in [-0.15, -0.1) is 0 Å².